The van der Waals surface area contributed by atoms with E-state index in [0.29, 0.717) is 17.2 Å². The zero-order chi connectivity index (χ0) is 23.7. The van der Waals surface area contributed by atoms with Gasteiger partial charge in [-0.3, -0.25) is 9.47 Å². The molecule has 2 fully saturated rings. The number of aromatic nitrogens is 4. The van der Waals surface area contributed by atoms with E-state index in [-0.39, 0.29) is 5.60 Å². The molecule has 1 saturated heterocycles. The number of benzene rings is 1. The molecule has 3 aliphatic rings. The molecule has 2 aromatic heterocycles. The average molecular weight is 479 g/mol. The van der Waals surface area contributed by atoms with Gasteiger partial charge in [0.05, 0.1) is 12.2 Å². The van der Waals surface area contributed by atoms with Crippen LogP contribution in [0, 0.1) is 5.41 Å². The Morgan fingerprint density at radius 3 is 2.62 bits per heavy atom. The lowest BCUT2D eigenvalue weighted by molar-refractivity contribution is 0.0578. The summed E-state index contributed by atoms with van der Waals surface area (Å²) in [4.78, 5) is 9.37. The van der Waals surface area contributed by atoms with Gasteiger partial charge < -0.3 is 9.64 Å². The lowest BCUT2D eigenvalue weighted by Crippen LogP contribution is -2.62. The monoisotopic (exact) mass is 478 g/mol. The van der Waals surface area contributed by atoms with Crippen LogP contribution < -0.4 is 9.64 Å². The number of pyridine rings is 1. The molecule has 1 spiro atoms. The van der Waals surface area contributed by atoms with Crippen LogP contribution >= 0.6 is 11.6 Å². The van der Waals surface area contributed by atoms with Crippen LogP contribution in [0.15, 0.2) is 36.4 Å². The van der Waals surface area contributed by atoms with Crippen LogP contribution in [0.4, 0.5) is 5.82 Å². The molecule has 0 amide bonds. The van der Waals surface area contributed by atoms with E-state index in [1.807, 2.05) is 39.0 Å². The summed E-state index contributed by atoms with van der Waals surface area (Å²) < 4.78 is 8.25. The van der Waals surface area contributed by atoms with Crippen LogP contribution in [0.25, 0.3) is 5.69 Å². The molecule has 1 saturated carbocycles. The van der Waals surface area contributed by atoms with Crippen LogP contribution in [-0.4, -0.2) is 50.4 Å². The number of ether oxygens (including phenoxy) is 1. The maximum atomic E-state index is 6.31. The van der Waals surface area contributed by atoms with Crippen LogP contribution in [-0.2, 0) is 13.1 Å². The topological polar surface area (TPSA) is 59.3 Å². The van der Waals surface area contributed by atoms with Gasteiger partial charge in [-0.2, -0.15) is 4.98 Å². The minimum atomic E-state index is -0.252. The standard InChI is InChI=1S/C26H31ClN6O/c1-25(2,3)34-23-7-5-6-21(28-23)32-15-26(16-32)11-18(12-26)24-30-29-22-14-31(4)13-17-10-19(27)8-9-20(17)33(22)24/h5-10,18H,11-16H2,1-4H3. The van der Waals surface area contributed by atoms with E-state index in [1.54, 1.807) is 0 Å². The first-order chi connectivity index (χ1) is 16.2. The molecular formula is C26H31ClN6O. The van der Waals surface area contributed by atoms with Crippen molar-refractivity contribution < 1.29 is 4.74 Å². The summed E-state index contributed by atoms with van der Waals surface area (Å²) >= 11 is 6.31. The number of anilines is 1. The molecule has 3 aromatic rings. The highest BCUT2D eigenvalue weighted by atomic mass is 35.5. The zero-order valence-electron chi connectivity index (χ0n) is 20.3. The van der Waals surface area contributed by atoms with E-state index in [9.17, 15) is 0 Å². The minimum absolute atomic E-state index is 0.252. The van der Waals surface area contributed by atoms with Gasteiger partial charge in [-0.15, -0.1) is 10.2 Å². The summed E-state index contributed by atoms with van der Waals surface area (Å²) in [6.07, 6.45) is 2.27. The normalized spacial score (nSPS) is 19.7. The lowest BCUT2D eigenvalue weighted by Gasteiger charge is -2.59. The van der Waals surface area contributed by atoms with Gasteiger partial charge in [-0.1, -0.05) is 17.7 Å². The summed E-state index contributed by atoms with van der Waals surface area (Å²) in [5.41, 5.74) is 2.49. The van der Waals surface area contributed by atoms with Crippen molar-refractivity contribution in [1.29, 1.82) is 0 Å². The van der Waals surface area contributed by atoms with Gasteiger partial charge in [-0.05, 0) is 70.5 Å². The van der Waals surface area contributed by atoms with E-state index in [0.717, 1.165) is 61.5 Å². The zero-order valence-corrected chi connectivity index (χ0v) is 21.0. The Morgan fingerprint density at radius 2 is 1.85 bits per heavy atom. The fraction of sp³-hybridized carbons (Fsp3) is 0.500. The quantitative estimate of drug-likeness (QED) is 0.537. The molecule has 34 heavy (non-hydrogen) atoms. The number of nitrogens with zero attached hydrogens (tertiary/aromatic N) is 6. The van der Waals surface area contributed by atoms with Gasteiger partial charge in [0.15, 0.2) is 5.82 Å². The molecule has 1 aliphatic carbocycles. The molecular weight excluding hydrogens is 448 g/mol. The Balaban J connectivity index is 1.18. The van der Waals surface area contributed by atoms with Crippen LogP contribution in [0.3, 0.4) is 0 Å². The molecule has 2 aliphatic heterocycles. The molecule has 0 atom stereocenters. The first kappa shape index (κ1) is 21.9. The SMILES string of the molecule is CN1Cc2cc(Cl)ccc2-n2c(nnc2C2CC3(C2)CN(c2cccc(OC(C)(C)C)n2)C3)C1. The second-order valence-corrected chi connectivity index (χ2v) is 11.7. The maximum absolute atomic E-state index is 6.31. The van der Waals surface area contributed by atoms with E-state index in [1.165, 1.54) is 11.3 Å². The first-order valence-corrected chi connectivity index (χ1v) is 12.4. The van der Waals surface area contributed by atoms with Crippen molar-refractivity contribution >= 4 is 17.4 Å². The van der Waals surface area contributed by atoms with Gasteiger partial charge >= 0.3 is 0 Å². The lowest BCUT2D eigenvalue weighted by atomic mass is 9.57. The Hall–Kier alpha value is -2.64. The van der Waals surface area contributed by atoms with Gasteiger partial charge in [0.2, 0.25) is 5.88 Å². The molecule has 0 unspecified atom stereocenters. The second kappa shape index (κ2) is 7.68. The summed E-state index contributed by atoms with van der Waals surface area (Å²) in [5.74, 6) is 4.22. The first-order valence-electron chi connectivity index (χ1n) is 12.0. The summed E-state index contributed by atoms with van der Waals surface area (Å²) in [6.45, 7) is 9.84. The van der Waals surface area contributed by atoms with Crippen molar-refractivity contribution in [2.45, 2.75) is 58.2 Å². The number of halogens is 1. The molecule has 1 aromatic carbocycles. The predicted octanol–water partition coefficient (Wildman–Crippen LogP) is 4.82. The van der Waals surface area contributed by atoms with Crippen molar-refractivity contribution in [3.8, 4) is 11.6 Å². The smallest absolute Gasteiger partial charge is 0.215 e. The predicted molar refractivity (Wildman–Crippen MR) is 133 cm³/mol. The number of rotatable bonds is 3. The molecule has 4 heterocycles. The Kier molecular flexibility index (Phi) is 4.94. The maximum Gasteiger partial charge on any atom is 0.215 e. The highest BCUT2D eigenvalue weighted by Gasteiger charge is 2.54. The van der Waals surface area contributed by atoms with Crippen LogP contribution in [0.1, 0.15) is 56.7 Å². The highest BCUT2D eigenvalue weighted by molar-refractivity contribution is 6.30. The summed E-state index contributed by atoms with van der Waals surface area (Å²) in [7, 11) is 2.12. The molecule has 8 heteroatoms. The van der Waals surface area contributed by atoms with Crippen molar-refractivity contribution in [1.82, 2.24) is 24.6 Å². The van der Waals surface area contributed by atoms with Crippen molar-refractivity contribution in [3.05, 3.63) is 58.6 Å². The van der Waals surface area contributed by atoms with Gasteiger partial charge in [0.1, 0.15) is 17.2 Å². The van der Waals surface area contributed by atoms with Gasteiger partial charge in [0, 0.05) is 42.1 Å². The van der Waals surface area contributed by atoms with E-state index < -0.39 is 0 Å². The van der Waals surface area contributed by atoms with Crippen molar-refractivity contribution in [2.24, 2.45) is 5.41 Å². The third kappa shape index (κ3) is 3.85. The fourth-order valence-corrected chi connectivity index (χ4v) is 5.94. The molecule has 0 N–H and O–H groups in total. The molecule has 0 bridgehead atoms. The number of fused-ring (bicyclic) bond motifs is 3. The Bertz CT molecular complexity index is 1230. The largest absolute Gasteiger partial charge is 0.472 e. The van der Waals surface area contributed by atoms with E-state index in [2.05, 4.69) is 49.8 Å². The molecule has 0 radical (unpaired) electrons. The van der Waals surface area contributed by atoms with Crippen molar-refractivity contribution in [2.75, 3.05) is 25.0 Å². The minimum Gasteiger partial charge on any atom is -0.472 e. The van der Waals surface area contributed by atoms with E-state index in [4.69, 9.17) is 21.3 Å². The molecule has 7 nitrogen and oxygen atoms in total. The third-order valence-electron chi connectivity index (χ3n) is 7.11. The average Bonchev–Trinajstić information content (AvgIpc) is 3.01. The number of hydrogen-bond acceptors (Lipinski definition) is 6. The summed E-state index contributed by atoms with van der Waals surface area (Å²) in [5, 5.41) is 10.0. The fourth-order valence-electron chi connectivity index (χ4n) is 5.75. The highest BCUT2D eigenvalue weighted by Crippen LogP contribution is 2.56. The molecule has 6 rings (SSSR count). The van der Waals surface area contributed by atoms with Gasteiger partial charge in [-0.25, -0.2) is 0 Å². The molecule has 178 valence electrons. The summed E-state index contributed by atoms with van der Waals surface area (Å²) in [6, 6.07) is 12.2. The third-order valence-corrected chi connectivity index (χ3v) is 7.34. The Morgan fingerprint density at radius 1 is 1.06 bits per heavy atom. The van der Waals surface area contributed by atoms with Gasteiger partial charge in [0.25, 0.3) is 0 Å². The van der Waals surface area contributed by atoms with Crippen LogP contribution in [0.2, 0.25) is 5.02 Å². The van der Waals surface area contributed by atoms with Crippen LogP contribution in [0.5, 0.6) is 5.88 Å². The second-order valence-electron chi connectivity index (χ2n) is 11.3. The van der Waals surface area contributed by atoms with E-state index >= 15 is 0 Å². The number of hydrogen-bond donors (Lipinski definition) is 0. The Labute approximate surface area is 205 Å². The van der Waals surface area contributed by atoms with Crippen molar-refractivity contribution in [3.63, 3.8) is 0 Å².